The van der Waals surface area contributed by atoms with Gasteiger partial charge >= 0.3 is 12.1 Å². The van der Waals surface area contributed by atoms with Gasteiger partial charge in [-0.2, -0.15) is 0 Å². The number of nitro benzene ring substituents is 1. The van der Waals surface area contributed by atoms with E-state index in [2.05, 4.69) is 38.2 Å². The van der Waals surface area contributed by atoms with Crippen LogP contribution in [0.3, 0.4) is 0 Å². The van der Waals surface area contributed by atoms with Crippen LogP contribution in [0.2, 0.25) is 0 Å². The molecule has 0 aliphatic carbocycles. The number of ether oxygens (including phenoxy) is 3. The lowest BCUT2D eigenvalue weighted by Gasteiger charge is -2.41. The molecular weight excluding hydrogens is 578 g/mol. The molecule has 1 aromatic heterocycles. The number of likely N-dealkylation sites (N-methyl/N-ethyl adjacent to an activating group) is 1. The molecule has 0 saturated carbocycles. The van der Waals surface area contributed by atoms with Gasteiger partial charge in [-0.1, -0.05) is 29.8 Å². The SMILES string of the molecule is Cc1ccc(C[N+](C)(CCOC(=O)OCOC(=O)CCC[N+]2(Cc3ccc([N+](=O)[O-])cc3)CCCCC2)Cc2ccoc2)cc1. The van der Waals surface area contributed by atoms with Crippen LogP contribution in [0.1, 0.15) is 54.4 Å². The Balaban J connectivity index is 1.17. The van der Waals surface area contributed by atoms with E-state index in [0.717, 1.165) is 61.2 Å². The molecule has 2 heterocycles. The predicted octanol–water partition coefficient (Wildman–Crippen LogP) is 6.28. The summed E-state index contributed by atoms with van der Waals surface area (Å²) in [5.74, 6) is -0.434. The van der Waals surface area contributed by atoms with Crippen molar-refractivity contribution in [1.82, 2.24) is 0 Å². The predicted molar refractivity (Wildman–Crippen MR) is 166 cm³/mol. The highest BCUT2D eigenvalue weighted by Gasteiger charge is 2.30. The van der Waals surface area contributed by atoms with E-state index in [1.807, 2.05) is 18.2 Å². The van der Waals surface area contributed by atoms with Crippen LogP contribution in [-0.4, -0.2) is 72.6 Å². The summed E-state index contributed by atoms with van der Waals surface area (Å²) in [6.07, 6.45) is 6.74. The Morgan fingerprint density at radius 1 is 0.911 bits per heavy atom. The van der Waals surface area contributed by atoms with E-state index in [1.165, 1.54) is 17.5 Å². The molecule has 2 aromatic carbocycles. The average molecular weight is 624 g/mol. The number of likely N-dealkylation sites (tertiary alicyclic amines) is 1. The maximum Gasteiger partial charge on any atom is 0.511 e. The van der Waals surface area contributed by atoms with Crippen LogP contribution in [-0.2, 0) is 38.6 Å². The lowest BCUT2D eigenvalue weighted by atomic mass is 10.0. The molecular formula is C34H45N3O8+2. The topological polar surface area (TPSA) is 118 Å². The van der Waals surface area contributed by atoms with Gasteiger partial charge < -0.3 is 27.6 Å². The highest BCUT2D eigenvalue weighted by atomic mass is 16.8. The van der Waals surface area contributed by atoms with Crippen LogP contribution in [0.5, 0.6) is 0 Å². The molecule has 0 amide bonds. The van der Waals surface area contributed by atoms with Crippen molar-refractivity contribution in [3.8, 4) is 0 Å². The van der Waals surface area contributed by atoms with Crippen LogP contribution in [0, 0.1) is 17.0 Å². The quantitative estimate of drug-likeness (QED) is 0.0602. The molecule has 1 aliphatic rings. The fourth-order valence-electron chi connectivity index (χ4n) is 6.09. The molecule has 0 N–H and O–H groups in total. The Hall–Kier alpha value is -4.22. The number of rotatable bonds is 16. The number of esters is 1. The van der Waals surface area contributed by atoms with Gasteiger partial charge in [-0.15, -0.1) is 0 Å². The van der Waals surface area contributed by atoms with Gasteiger partial charge in [0.15, 0.2) is 0 Å². The van der Waals surface area contributed by atoms with Gasteiger partial charge in [-0.05, 0) is 44.4 Å². The molecule has 0 bridgehead atoms. The number of hydrogen-bond acceptors (Lipinski definition) is 8. The van der Waals surface area contributed by atoms with Crippen molar-refractivity contribution >= 4 is 17.8 Å². The van der Waals surface area contributed by atoms with Gasteiger partial charge in [0.05, 0.1) is 50.6 Å². The van der Waals surface area contributed by atoms with Crippen molar-refractivity contribution < 1.29 is 42.1 Å². The number of carbonyl (C=O) groups is 2. The summed E-state index contributed by atoms with van der Waals surface area (Å²) in [6.45, 7) is 7.28. The van der Waals surface area contributed by atoms with Gasteiger partial charge in [-0.3, -0.25) is 14.9 Å². The first-order chi connectivity index (χ1) is 21.6. The van der Waals surface area contributed by atoms with Gasteiger partial charge in [0.2, 0.25) is 6.79 Å². The Morgan fingerprint density at radius 3 is 2.27 bits per heavy atom. The van der Waals surface area contributed by atoms with E-state index < -0.39 is 23.8 Å². The highest BCUT2D eigenvalue weighted by molar-refractivity contribution is 5.69. The number of aryl methyl sites for hydroxylation is 1. The zero-order chi connectivity index (χ0) is 32.1. The minimum Gasteiger partial charge on any atom is -0.472 e. The summed E-state index contributed by atoms with van der Waals surface area (Å²) in [5.41, 5.74) is 4.56. The normalized spacial score (nSPS) is 15.5. The molecule has 242 valence electrons. The number of carbonyl (C=O) groups excluding carboxylic acids is 2. The van der Waals surface area contributed by atoms with Crippen LogP contribution >= 0.6 is 0 Å². The number of quaternary nitrogens is 2. The zero-order valence-corrected chi connectivity index (χ0v) is 26.4. The monoisotopic (exact) mass is 623 g/mol. The second-order valence-corrected chi connectivity index (χ2v) is 12.4. The molecule has 1 saturated heterocycles. The smallest absolute Gasteiger partial charge is 0.472 e. The number of nitrogens with zero attached hydrogens (tertiary/aromatic N) is 3. The molecule has 0 spiro atoms. The fraction of sp³-hybridized carbons (Fsp3) is 0.471. The first-order valence-corrected chi connectivity index (χ1v) is 15.6. The number of nitro groups is 1. The first-order valence-electron chi connectivity index (χ1n) is 15.6. The number of piperidine rings is 1. The second-order valence-electron chi connectivity index (χ2n) is 12.4. The molecule has 1 atom stereocenters. The standard InChI is InChI=1S/C34H45N3O8/c1-28-8-10-29(11-9-28)23-36(2,24-31-16-21-42-26-31)20-22-43-34(39)45-27-44-33(38)7-6-19-37(17-4-3-5-18-37)25-30-12-14-32(15-13-30)35(40)41/h8-16,21,26H,3-7,17-20,22-25,27H2,1-2H3/q+2. The maximum absolute atomic E-state index is 12.4. The van der Waals surface area contributed by atoms with Crippen molar-refractivity contribution in [2.45, 2.75) is 58.7 Å². The van der Waals surface area contributed by atoms with Crippen molar-refractivity contribution in [3.63, 3.8) is 0 Å². The van der Waals surface area contributed by atoms with Crippen molar-refractivity contribution in [2.75, 3.05) is 46.6 Å². The summed E-state index contributed by atoms with van der Waals surface area (Å²) in [5, 5.41) is 11.0. The van der Waals surface area contributed by atoms with Gasteiger partial charge in [-0.25, -0.2) is 4.79 Å². The third-order valence-electron chi connectivity index (χ3n) is 8.52. The molecule has 3 aromatic rings. The molecule has 45 heavy (non-hydrogen) atoms. The van der Waals surface area contributed by atoms with Crippen LogP contribution in [0.25, 0.3) is 0 Å². The molecule has 1 aliphatic heterocycles. The van der Waals surface area contributed by atoms with Gasteiger partial charge in [0, 0.05) is 35.2 Å². The third-order valence-corrected chi connectivity index (χ3v) is 8.52. The number of benzene rings is 2. The Kier molecular flexibility index (Phi) is 12.1. The van der Waals surface area contributed by atoms with Crippen molar-refractivity contribution in [2.24, 2.45) is 0 Å². The molecule has 1 fully saturated rings. The summed E-state index contributed by atoms with van der Waals surface area (Å²) in [7, 11) is 2.10. The number of furan rings is 1. The molecule has 1 unspecified atom stereocenters. The summed E-state index contributed by atoms with van der Waals surface area (Å²) >= 11 is 0. The van der Waals surface area contributed by atoms with Gasteiger partial charge in [0.1, 0.15) is 32.8 Å². The zero-order valence-electron chi connectivity index (χ0n) is 26.4. The third kappa shape index (κ3) is 11.0. The number of non-ortho nitro benzene ring substituents is 1. The largest absolute Gasteiger partial charge is 0.511 e. The molecule has 11 heteroatoms. The van der Waals surface area contributed by atoms with E-state index in [1.54, 1.807) is 24.7 Å². The minimum absolute atomic E-state index is 0.0824. The Morgan fingerprint density at radius 2 is 1.60 bits per heavy atom. The van der Waals surface area contributed by atoms with Crippen molar-refractivity contribution in [3.05, 3.63) is 99.5 Å². The molecule has 4 rings (SSSR count). The van der Waals surface area contributed by atoms with Crippen LogP contribution in [0.15, 0.2) is 71.5 Å². The number of hydrogen-bond donors (Lipinski definition) is 0. The van der Waals surface area contributed by atoms with Gasteiger partial charge in [0.25, 0.3) is 5.69 Å². The van der Waals surface area contributed by atoms with E-state index in [-0.39, 0.29) is 18.7 Å². The van der Waals surface area contributed by atoms with E-state index in [9.17, 15) is 19.7 Å². The lowest BCUT2D eigenvalue weighted by Crippen LogP contribution is -2.51. The van der Waals surface area contributed by atoms with Crippen LogP contribution < -0.4 is 0 Å². The van der Waals surface area contributed by atoms with E-state index in [4.69, 9.17) is 18.6 Å². The minimum atomic E-state index is -0.881. The maximum atomic E-state index is 12.4. The lowest BCUT2D eigenvalue weighted by molar-refractivity contribution is -0.945. The summed E-state index contributed by atoms with van der Waals surface area (Å²) in [4.78, 5) is 35.2. The summed E-state index contributed by atoms with van der Waals surface area (Å²) < 4.78 is 22.2. The van der Waals surface area contributed by atoms with E-state index >= 15 is 0 Å². The Labute approximate surface area is 264 Å². The van der Waals surface area contributed by atoms with E-state index in [0.29, 0.717) is 24.0 Å². The van der Waals surface area contributed by atoms with Crippen molar-refractivity contribution in [1.29, 1.82) is 0 Å². The second kappa shape index (κ2) is 16.2. The summed E-state index contributed by atoms with van der Waals surface area (Å²) in [6, 6.07) is 17.0. The van der Waals surface area contributed by atoms with Crippen LogP contribution in [0.4, 0.5) is 10.5 Å². The average Bonchev–Trinajstić information content (AvgIpc) is 3.52. The molecule has 0 radical (unpaired) electrons. The fourth-order valence-corrected chi connectivity index (χ4v) is 6.09. The Bertz CT molecular complexity index is 1370. The molecule has 11 nitrogen and oxygen atoms in total. The first kappa shape index (κ1) is 33.7. The highest BCUT2D eigenvalue weighted by Crippen LogP contribution is 2.25.